The molecule has 7 nitrogen and oxygen atoms in total. The average Bonchev–Trinajstić information content (AvgIpc) is 2.16. The highest BCUT2D eigenvalue weighted by Crippen LogP contribution is 2.01. The standard InChI is InChI=1S/C9H13N3.H2O4S/c1-12(9(10)11)7-8-5-3-2-4-6-8;1-5(2,3)4/h2-6H,7H2,1H3,(H3,10,11);(H2,1,2,3,4). The third-order valence-corrected chi connectivity index (χ3v) is 1.67. The van der Waals surface area contributed by atoms with E-state index < -0.39 is 10.4 Å². The second-order valence-electron chi connectivity index (χ2n) is 3.17. The van der Waals surface area contributed by atoms with Crippen LogP contribution in [0.15, 0.2) is 30.3 Å². The van der Waals surface area contributed by atoms with Gasteiger partial charge in [0.05, 0.1) is 0 Å². The third-order valence-electron chi connectivity index (χ3n) is 1.67. The summed E-state index contributed by atoms with van der Waals surface area (Å²) < 4.78 is 31.6. The van der Waals surface area contributed by atoms with E-state index in [0.29, 0.717) is 6.54 Å². The molecule has 0 amide bonds. The molecule has 0 aliphatic rings. The first-order valence-corrected chi connectivity index (χ1v) is 5.89. The number of benzene rings is 1. The zero-order valence-corrected chi connectivity index (χ0v) is 10.1. The number of nitrogens with one attached hydrogen (secondary N) is 1. The van der Waals surface area contributed by atoms with Gasteiger partial charge in [-0.3, -0.25) is 14.5 Å². The van der Waals surface area contributed by atoms with Gasteiger partial charge in [-0.15, -0.1) is 0 Å². The predicted molar refractivity (Wildman–Crippen MR) is 64.0 cm³/mol. The lowest BCUT2D eigenvalue weighted by Gasteiger charge is -2.15. The summed E-state index contributed by atoms with van der Waals surface area (Å²) in [7, 11) is -2.87. The fraction of sp³-hybridized carbons (Fsp3) is 0.222. The van der Waals surface area contributed by atoms with Crippen LogP contribution in [0.1, 0.15) is 5.56 Å². The summed E-state index contributed by atoms with van der Waals surface area (Å²) in [4.78, 5) is 1.69. The van der Waals surface area contributed by atoms with Crippen molar-refractivity contribution in [3.05, 3.63) is 35.9 Å². The van der Waals surface area contributed by atoms with Gasteiger partial charge in [-0.2, -0.15) is 8.42 Å². The maximum atomic E-state index is 8.74. The second kappa shape index (κ2) is 6.84. The summed E-state index contributed by atoms with van der Waals surface area (Å²) in [5.74, 6) is 0.0962. The molecule has 5 N–H and O–H groups in total. The Morgan fingerprint density at radius 3 is 2.12 bits per heavy atom. The Morgan fingerprint density at radius 2 is 1.76 bits per heavy atom. The molecule has 0 saturated carbocycles. The minimum Gasteiger partial charge on any atom is -0.370 e. The topological polar surface area (TPSA) is 128 Å². The minimum atomic E-state index is -4.67. The minimum absolute atomic E-state index is 0.0962. The van der Waals surface area contributed by atoms with Crippen molar-refractivity contribution in [3.8, 4) is 0 Å². The number of rotatable bonds is 2. The van der Waals surface area contributed by atoms with Crippen LogP contribution in [0.5, 0.6) is 0 Å². The van der Waals surface area contributed by atoms with E-state index in [-0.39, 0.29) is 5.96 Å². The van der Waals surface area contributed by atoms with E-state index in [9.17, 15) is 0 Å². The first-order chi connectivity index (χ1) is 7.70. The molecule has 1 aromatic carbocycles. The van der Waals surface area contributed by atoms with Crippen LogP contribution in [0.3, 0.4) is 0 Å². The van der Waals surface area contributed by atoms with Crippen LogP contribution in [0.25, 0.3) is 0 Å². The molecule has 96 valence electrons. The van der Waals surface area contributed by atoms with Crippen LogP contribution in [0.2, 0.25) is 0 Å². The molecule has 0 aliphatic carbocycles. The highest BCUT2D eigenvalue weighted by Gasteiger charge is 1.99. The summed E-state index contributed by atoms with van der Waals surface area (Å²) in [6.45, 7) is 0.691. The third kappa shape index (κ3) is 10.6. The van der Waals surface area contributed by atoms with Gasteiger partial charge in [0, 0.05) is 13.6 Å². The molecule has 0 unspecified atom stereocenters. The van der Waals surface area contributed by atoms with Gasteiger partial charge >= 0.3 is 10.4 Å². The van der Waals surface area contributed by atoms with Crippen LogP contribution in [0.4, 0.5) is 0 Å². The molecule has 0 radical (unpaired) electrons. The average molecular weight is 261 g/mol. The predicted octanol–water partition coefficient (Wildman–Crippen LogP) is 0.359. The van der Waals surface area contributed by atoms with Gasteiger partial charge in [0.15, 0.2) is 5.96 Å². The van der Waals surface area contributed by atoms with Gasteiger partial charge < -0.3 is 10.6 Å². The molecule has 0 atom stereocenters. The van der Waals surface area contributed by atoms with E-state index >= 15 is 0 Å². The maximum Gasteiger partial charge on any atom is 0.394 e. The maximum absolute atomic E-state index is 8.74. The van der Waals surface area contributed by atoms with Crippen LogP contribution >= 0.6 is 0 Å². The SMILES string of the molecule is CN(Cc1ccccc1)C(=N)N.O=S(=O)(O)O. The molecule has 0 saturated heterocycles. The molecule has 17 heavy (non-hydrogen) atoms. The lowest BCUT2D eigenvalue weighted by molar-refractivity contribution is 0.381. The first-order valence-electron chi connectivity index (χ1n) is 4.49. The zero-order chi connectivity index (χ0) is 13.5. The van der Waals surface area contributed by atoms with E-state index in [0.717, 1.165) is 5.56 Å². The molecule has 0 spiro atoms. The smallest absolute Gasteiger partial charge is 0.370 e. The molecule has 0 bridgehead atoms. The van der Waals surface area contributed by atoms with Crippen LogP contribution in [-0.2, 0) is 16.9 Å². The second-order valence-corrected chi connectivity index (χ2v) is 4.07. The van der Waals surface area contributed by atoms with Crippen molar-refractivity contribution in [2.45, 2.75) is 6.54 Å². The largest absolute Gasteiger partial charge is 0.394 e. The number of guanidine groups is 1. The summed E-state index contributed by atoms with van der Waals surface area (Å²) in [5.41, 5.74) is 6.46. The molecule has 8 heteroatoms. The van der Waals surface area contributed by atoms with E-state index in [1.807, 2.05) is 30.3 Å². The van der Waals surface area contributed by atoms with Crippen molar-refractivity contribution < 1.29 is 17.5 Å². The Hall–Kier alpha value is -1.64. The number of nitrogens with two attached hydrogens (primary N) is 1. The summed E-state index contributed by atoms with van der Waals surface area (Å²) in [5, 5.41) is 7.15. The quantitative estimate of drug-likeness (QED) is 0.346. The van der Waals surface area contributed by atoms with E-state index in [4.69, 9.17) is 28.7 Å². The molecule has 0 aliphatic heterocycles. The van der Waals surface area contributed by atoms with Gasteiger partial charge in [0.25, 0.3) is 0 Å². The fourth-order valence-electron chi connectivity index (χ4n) is 0.942. The first kappa shape index (κ1) is 15.4. The number of hydrogen-bond acceptors (Lipinski definition) is 3. The van der Waals surface area contributed by atoms with Gasteiger partial charge in [-0.25, -0.2) is 0 Å². The van der Waals surface area contributed by atoms with Crippen molar-refractivity contribution >= 4 is 16.4 Å². The molecule has 0 heterocycles. The molecule has 0 aromatic heterocycles. The van der Waals surface area contributed by atoms with Gasteiger partial charge in [0.1, 0.15) is 0 Å². The number of hydrogen-bond donors (Lipinski definition) is 4. The molecular weight excluding hydrogens is 246 g/mol. The van der Waals surface area contributed by atoms with E-state index in [2.05, 4.69) is 0 Å². The van der Waals surface area contributed by atoms with Crippen LogP contribution in [0, 0.1) is 5.41 Å². The van der Waals surface area contributed by atoms with E-state index in [1.165, 1.54) is 0 Å². The van der Waals surface area contributed by atoms with Crippen molar-refractivity contribution in [2.75, 3.05) is 7.05 Å². The summed E-state index contributed by atoms with van der Waals surface area (Å²) >= 11 is 0. The Bertz CT molecular complexity index is 439. The fourth-order valence-corrected chi connectivity index (χ4v) is 0.942. The van der Waals surface area contributed by atoms with Crippen molar-refractivity contribution in [1.82, 2.24) is 4.90 Å². The Kier molecular flexibility index (Phi) is 6.18. The van der Waals surface area contributed by atoms with Crippen molar-refractivity contribution in [2.24, 2.45) is 5.73 Å². The lowest BCUT2D eigenvalue weighted by atomic mass is 10.2. The van der Waals surface area contributed by atoms with Crippen molar-refractivity contribution in [1.29, 1.82) is 5.41 Å². The normalized spacial score (nSPS) is 10.1. The highest BCUT2D eigenvalue weighted by atomic mass is 32.3. The van der Waals surface area contributed by atoms with Crippen LogP contribution in [-0.4, -0.2) is 35.4 Å². The summed E-state index contributed by atoms with van der Waals surface area (Å²) in [6.07, 6.45) is 0. The van der Waals surface area contributed by atoms with Crippen LogP contribution < -0.4 is 5.73 Å². The molecular formula is C9H15N3O4S. The lowest BCUT2D eigenvalue weighted by Crippen LogP contribution is -2.32. The van der Waals surface area contributed by atoms with E-state index in [1.54, 1.807) is 11.9 Å². The monoisotopic (exact) mass is 261 g/mol. The van der Waals surface area contributed by atoms with Gasteiger partial charge in [0.2, 0.25) is 0 Å². The molecule has 1 rings (SSSR count). The number of nitrogens with zero attached hydrogens (tertiary/aromatic N) is 1. The highest BCUT2D eigenvalue weighted by molar-refractivity contribution is 7.79. The Balaban J connectivity index is 0.000000437. The molecule has 1 aromatic rings. The van der Waals surface area contributed by atoms with Gasteiger partial charge in [-0.1, -0.05) is 30.3 Å². The van der Waals surface area contributed by atoms with Gasteiger partial charge in [-0.05, 0) is 5.56 Å². The van der Waals surface area contributed by atoms with Crippen molar-refractivity contribution in [3.63, 3.8) is 0 Å². The Morgan fingerprint density at radius 1 is 1.35 bits per heavy atom. The summed E-state index contributed by atoms with van der Waals surface area (Å²) in [6, 6.07) is 9.95. The molecule has 0 fully saturated rings. The zero-order valence-electron chi connectivity index (χ0n) is 9.24. The Labute approximate surface area is 99.9 Å².